The summed E-state index contributed by atoms with van der Waals surface area (Å²) in [5, 5.41) is 2.84. The van der Waals surface area contributed by atoms with Crippen molar-refractivity contribution in [2.75, 3.05) is 26.8 Å². The molecular formula is C14H26N2O4. The lowest BCUT2D eigenvalue weighted by Gasteiger charge is -2.28. The van der Waals surface area contributed by atoms with Gasteiger partial charge < -0.3 is 14.8 Å². The number of methoxy groups -OCH3 is 1. The molecule has 1 fully saturated rings. The minimum Gasteiger partial charge on any atom is -0.444 e. The van der Waals surface area contributed by atoms with Gasteiger partial charge in [0.1, 0.15) is 11.6 Å². The van der Waals surface area contributed by atoms with Crippen LogP contribution in [0.25, 0.3) is 0 Å². The van der Waals surface area contributed by atoms with Crippen LogP contribution >= 0.6 is 0 Å². The molecule has 1 aliphatic rings. The maximum Gasteiger partial charge on any atom is 0.410 e. The van der Waals surface area contributed by atoms with Crippen molar-refractivity contribution in [2.45, 2.75) is 51.7 Å². The fourth-order valence-electron chi connectivity index (χ4n) is 2.12. The molecule has 6 nitrogen and oxygen atoms in total. The first-order valence-corrected chi connectivity index (χ1v) is 7.11. The molecule has 1 aliphatic heterocycles. The summed E-state index contributed by atoms with van der Waals surface area (Å²) in [4.78, 5) is 25.7. The maximum absolute atomic E-state index is 12.1. The van der Waals surface area contributed by atoms with Crippen LogP contribution in [0.4, 0.5) is 4.79 Å². The van der Waals surface area contributed by atoms with E-state index in [9.17, 15) is 9.59 Å². The number of hydrogen-bond acceptors (Lipinski definition) is 4. The summed E-state index contributed by atoms with van der Waals surface area (Å²) in [6.07, 6.45) is 1.87. The van der Waals surface area contributed by atoms with Crippen LogP contribution in [0.1, 0.15) is 40.0 Å². The minimum atomic E-state index is -0.542. The molecule has 0 aliphatic carbocycles. The molecular weight excluding hydrogens is 260 g/mol. The molecule has 116 valence electrons. The molecule has 0 aromatic carbocycles. The average molecular weight is 286 g/mol. The molecule has 0 unspecified atom stereocenters. The predicted molar refractivity (Wildman–Crippen MR) is 75.5 cm³/mol. The zero-order valence-electron chi connectivity index (χ0n) is 12.9. The number of carbonyl (C=O) groups excluding carboxylic acids is 2. The van der Waals surface area contributed by atoms with Crippen molar-refractivity contribution >= 4 is 12.0 Å². The Balaban J connectivity index is 2.47. The number of ether oxygens (including phenoxy) is 2. The van der Waals surface area contributed by atoms with E-state index in [4.69, 9.17) is 9.47 Å². The van der Waals surface area contributed by atoms with E-state index in [1.165, 1.54) is 4.90 Å². The standard InChI is InChI=1S/C14H26N2O4/c1-14(2,3)20-13(18)16-9-5-7-11(16)12(17)15-8-6-10-19-4/h11H,5-10H2,1-4H3,(H,15,17)/t11-/m0/s1. The van der Waals surface area contributed by atoms with Crippen molar-refractivity contribution in [1.29, 1.82) is 0 Å². The Morgan fingerprint density at radius 1 is 1.35 bits per heavy atom. The van der Waals surface area contributed by atoms with Gasteiger partial charge in [0, 0.05) is 26.8 Å². The second kappa shape index (κ2) is 7.47. The molecule has 2 amide bonds. The van der Waals surface area contributed by atoms with E-state index in [0.29, 0.717) is 26.1 Å². The largest absolute Gasteiger partial charge is 0.444 e. The summed E-state index contributed by atoms with van der Waals surface area (Å²) in [6.45, 7) is 7.21. The van der Waals surface area contributed by atoms with E-state index in [2.05, 4.69) is 5.32 Å². The number of rotatable bonds is 5. The fourth-order valence-corrected chi connectivity index (χ4v) is 2.12. The molecule has 6 heteroatoms. The Bertz CT molecular complexity index is 339. The Kier molecular flexibility index (Phi) is 6.26. The molecule has 20 heavy (non-hydrogen) atoms. The summed E-state index contributed by atoms with van der Waals surface area (Å²) < 4.78 is 10.3. The highest BCUT2D eigenvalue weighted by molar-refractivity contribution is 5.86. The number of carbonyl (C=O) groups is 2. The van der Waals surface area contributed by atoms with Crippen LogP contribution < -0.4 is 5.32 Å². The van der Waals surface area contributed by atoms with Crippen molar-refractivity contribution in [1.82, 2.24) is 10.2 Å². The maximum atomic E-state index is 12.1. The molecule has 0 radical (unpaired) electrons. The lowest BCUT2D eigenvalue weighted by molar-refractivity contribution is -0.125. The van der Waals surface area contributed by atoms with Gasteiger partial charge in [-0.3, -0.25) is 9.69 Å². The molecule has 1 heterocycles. The first-order chi connectivity index (χ1) is 9.35. The smallest absolute Gasteiger partial charge is 0.410 e. The Hall–Kier alpha value is -1.30. The van der Waals surface area contributed by atoms with Gasteiger partial charge in [-0.15, -0.1) is 0 Å². The van der Waals surface area contributed by atoms with Gasteiger partial charge in [0.25, 0.3) is 0 Å². The molecule has 1 N–H and O–H groups in total. The SMILES string of the molecule is COCCCNC(=O)[C@@H]1CCCN1C(=O)OC(C)(C)C. The van der Waals surface area contributed by atoms with Crippen LogP contribution in [0, 0.1) is 0 Å². The highest BCUT2D eigenvalue weighted by atomic mass is 16.6. The second-order valence-corrected chi connectivity index (χ2v) is 5.97. The lowest BCUT2D eigenvalue weighted by atomic mass is 10.2. The Labute approximate surface area is 120 Å². The van der Waals surface area contributed by atoms with Gasteiger partial charge in [0.15, 0.2) is 0 Å². The van der Waals surface area contributed by atoms with Gasteiger partial charge >= 0.3 is 6.09 Å². The first-order valence-electron chi connectivity index (χ1n) is 7.11. The van der Waals surface area contributed by atoms with E-state index in [0.717, 1.165) is 12.8 Å². The summed E-state index contributed by atoms with van der Waals surface area (Å²) in [5.41, 5.74) is -0.542. The molecule has 1 atom stereocenters. The van der Waals surface area contributed by atoms with Crippen molar-refractivity contribution in [3.8, 4) is 0 Å². The van der Waals surface area contributed by atoms with Crippen LogP contribution in [-0.4, -0.2) is 55.3 Å². The fraction of sp³-hybridized carbons (Fsp3) is 0.857. The van der Waals surface area contributed by atoms with Gasteiger partial charge in [0.05, 0.1) is 0 Å². The second-order valence-electron chi connectivity index (χ2n) is 5.97. The third-order valence-electron chi connectivity index (χ3n) is 3.01. The van der Waals surface area contributed by atoms with Crippen LogP contribution in [-0.2, 0) is 14.3 Å². The number of hydrogen-bond donors (Lipinski definition) is 1. The van der Waals surface area contributed by atoms with Gasteiger partial charge in [-0.2, -0.15) is 0 Å². The predicted octanol–water partition coefficient (Wildman–Crippen LogP) is 1.54. The Morgan fingerprint density at radius 2 is 2.05 bits per heavy atom. The molecule has 0 aromatic heterocycles. The number of nitrogens with zero attached hydrogens (tertiary/aromatic N) is 1. The number of likely N-dealkylation sites (tertiary alicyclic amines) is 1. The molecule has 0 bridgehead atoms. The molecule has 1 rings (SSSR count). The van der Waals surface area contributed by atoms with Gasteiger partial charge in [-0.1, -0.05) is 0 Å². The van der Waals surface area contributed by atoms with E-state index in [1.807, 2.05) is 20.8 Å². The lowest BCUT2D eigenvalue weighted by Crippen LogP contribution is -2.47. The quantitative estimate of drug-likeness (QED) is 0.778. The number of nitrogens with one attached hydrogen (secondary N) is 1. The van der Waals surface area contributed by atoms with E-state index >= 15 is 0 Å². The topological polar surface area (TPSA) is 67.9 Å². The zero-order chi connectivity index (χ0) is 15.2. The van der Waals surface area contributed by atoms with E-state index in [-0.39, 0.29) is 5.91 Å². The number of amides is 2. The summed E-state index contributed by atoms with van der Waals surface area (Å²) in [6, 6.07) is -0.410. The van der Waals surface area contributed by atoms with E-state index in [1.54, 1.807) is 7.11 Å². The minimum absolute atomic E-state index is 0.107. The Morgan fingerprint density at radius 3 is 2.65 bits per heavy atom. The van der Waals surface area contributed by atoms with Crippen molar-refractivity contribution in [3.63, 3.8) is 0 Å². The van der Waals surface area contributed by atoms with Crippen LogP contribution in [0.2, 0.25) is 0 Å². The van der Waals surface area contributed by atoms with Gasteiger partial charge in [-0.05, 0) is 40.0 Å². The summed E-state index contributed by atoms with van der Waals surface area (Å²) >= 11 is 0. The third-order valence-corrected chi connectivity index (χ3v) is 3.01. The van der Waals surface area contributed by atoms with Crippen LogP contribution in [0.3, 0.4) is 0 Å². The monoisotopic (exact) mass is 286 g/mol. The van der Waals surface area contributed by atoms with E-state index < -0.39 is 17.7 Å². The highest BCUT2D eigenvalue weighted by Crippen LogP contribution is 2.20. The normalized spacial score (nSPS) is 19.0. The highest BCUT2D eigenvalue weighted by Gasteiger charge is 2.36. The molecule has 1 saturated heterocycles. The average Bonchev–Trinajstić information content (AvgIpc) is 2.81. The molecule has 0 spiro atoms. The van der Waals surface area contributed by atoms with Crippen molar-refractivity contribution < 1.29 is 19.1 Å². The van der Waals surface area contributed by atoms with Gasteiger partial charge in [-0.25, -0.2) is 4.79 Å². The first kappa shape index (κ1) is 16.8. The summed E-state index contributed by atoms with van der Waals surface area (Å²) in [7, 11) is 1.63. The molecule has 0 saturated carbocycles. The zero-order valence-corrected chi connectivity index (χ0v) is 12.9. The van der Waals surface area contributed by atoms with Crippen LogP contribution in [0.5, 0.6) is 0 Å². The third kappa shape index (κ3) is 5.36. The van der Waals surface area contributed by atoms with Crippen molar-refractivity contribution in [2.24, 2.45) is 0 Å². The molecule has 0 aromatic rings. The summed E-state index contributed by atoms with van der Waals surface area (Å²) in [5.74, 6) is -0.107. The van der Waals surface area contributed by atoms with Crippen molar-refractivity contribution in [3.05, 3.63) is 0 Å². The van der Waals surface area contributed by atoms with Crippen LogP contribution in [0.15, 0.2) is 0 Å². The van der Waals surface area contributed by atoms with Gasteiger partial charge in [0.2, 0.25) is 5.91 Å².